The fraction of sp³-hybridized carbons (Fsp3) is 0.484. The molecule has 1 atom stereocenters. The summed E-state index contributed by atoms with van der Waals surface area (Å²) in [5, 5.41) is 15.4. The number of fused-ring (bicyclic) bond motifs is 5. The third-order valence-corrected chi connectivity index (χ3v) is 8.64. The van der Waals surface area contributed by atoms with Gasteiger partial charge in [0.25, 0.3) is 0 Å². The molecule has 2 aromatic rings. The summed E-state index contributed by atoms with van der Waals surface area (Å²) in [6.07, 6.45) is 3.17. The topological polar surface area (TPSA) is 90.4 Å². The number of aldehydes is 1. The first-order valence-electron chi connectivity index (χ1n) is 14.3. The van der Waals surface area contributed by atoms with E-state index in [0.29, 0.717) is 25.0 Å². The van der Waals surface area contributed by atoms with E-state index in [0.717, 1.165) is 104 Å². The van der Waals surface area contributed by atoms with Crippen LogP contribution in [0.5, 0.6) is 5.75 Å². The molecule has 5 heterocycles. The first-order chi connectivity index (χ1) is 19.5. The summed E-state index contributed by atoms with van der Waals surface area (Å²) >= 11 is 0. The molecule has 0 spiro atoms. The predicted octanol–water partition coefficient (Wildman–Crippen LogP) is 2.08. The molecule has 4 aliphatic heterocycles. The molecule has 212 valence electrons. The fourth-order valence-corrected chi connectivity index (χ4v) is 6.31. The van der Waals surface area contributed by atoms with Crippen molar-refractivity contribution in [1.29, 1.82) is 0 Å². The van der Waals surface area contributed by atoms with Crippen LogP contribution in [0, 0.1) is 0 Å². The minimum atomic E-state index is -1.25. The van der Waals surface area contributed by atoms with Gasteiger partial charge >= 0.3 is 0 Å². The van der Waals surface area contributed by atoms with E-state index in [9.17, 15) is 9.90 Å². The van der Waals surface area contributed by atoms with Gasteiger partial charge in [0.2, 0.25) is 0 Å². The predicted molar refractivity (Wildman–Crippen MR) is 155 cm³/mol. The highest BCUT2D eigenvalue weighted by molar-refractivity contribution is 5.91. The van der Waals surface area contributed by atoms with E-state index in [4.69, 9.17) is 14.5 Å². The van der Waals surface area contributed by atoms with Gasteiger partial charge in [0.05, 0.1) is 36.7 Å². The number of aliphatic hydroxyl groups is 1. The molecule has 9 nitrogen and oxygen atoms in total. The van der Waals surface area contributed by atoms with Crippen molar-refractivity contribution < 1.29 is 19.4 Å². The Balaban J connectivity index is 1.31. The number of ether oxygens (including phenoxy) is 2. The van der Waals surface area contributed by atoms with Crippen molar-refractivity contribution in [1.82, 2.24) is 25.0 Å². The maximum Gasteiger partial charge on any atom is 0.153 e. The summed E-state index contributed by atoms with van der Waals surface area (Å²) < 4.78 is 11.3. The molecule has 1 fully saturated rings. The Morgan fingerprint density at radius 1 is 1.27 bits per heavy atom. The second-order valence-electron chi connectivity index (χ2n) is 11.2. The Morgan fingerprint density at radius 3 is 2.88 bits per heavy atom. The van der Waals surface area contributed by atoms with E-state index in [1.807, 2.05) is 6.08 Å². The molecule has 0 radical (unpaired) electrons. The average molecular weight is 546 g/mol. The molecule has 0 aliphatic carbocycles. The van der Waals surface area contributed by atoms with Crippen LogP contribution in [0.2, 0.25) is 0 Å². The average Bonchev–Trinajstić information content (AvgIpc) is 3.57. The second-order valence-corrected chi connectivity index (χ2v) is 11.2. The molecule has 1 aromatic carbocycles. The lowest BCUT2D eigenvalue weighted by molar-refractivity contribution is -0.113. The van der Waals surface area contributed by atoms with E-state index in [2.05, 4.69) is 45.8 Å². The number of pyridine rings is 1. The van der Waals surface area contributed by atoms with Gasteiger partial charge in [-0.25, -0.2) is 4.98 Å². The van der Waals surface area contributed by atoms with Gasteiger partial charge in [-0.15, -0.1) is 0 Å². The number of carbonyl (C=O) groups excluding carboxylic acids is 1. The lowest BCUT2D eigenvalue weighted by atomic mass is 9.95. The summed E-state index contributed by atoms with van der Waals surface area (Å²) in [5.41, 5.74) is 8.22. The number of piperazine rings is 1. The van der Waals surface area contributed by atoms with Crippen molar-refractivity contribution in [3.63, 3.8) is 0 Å². The van der Waals surface area contributed by atoms with Crippen LogP contribution >= 0.6 is 0 Å². The molecule has 1 aromatic heterocycles. The summed E-state index contributed by atoms with van der Waals surface area (Å²) in [6.45, 7) is 13.2. The quantitative estimate of drug-likeness (QED) is 0.344. The lowest BCUT2D eigenvalue weighted by Crippen LogP contribution is -2.45. The molecule has 1 unspecified atom stereocenters. The first kappa shape index (κ1) is 27.1. The monoisotopic (exact) mass is 545 g/mol. The molecule has 0 bridgehead atoms. The third kappa shape index (κ3) is 4.97. The maximum atomic E-state index is 11.6. The van der Waals surface area contributed by atoms with Crippen LogP contribution in [-0.4, -0.2) is 104 Å². The first-order valence-corrected chi connectivity index (χ1v) is 14.3. The van der Waals surface area contributed by atoms with Gasteiger partial charge < -0.3 is 39.4 Å². The zero-order chi connectivity index (χ0) is 27.8. The molecular weight excluding hydrogens is 506 g/mol. The molecule has 4 aliphatic rings. The van der Waals surface area contributed by atoms with Crippen LogP contribution < -0.4 is 10.1 Å². The van der Waals surface area contributed by atoms with Gasteiger partial charge in [-0.3, -0.25) is 0 Å². The van der Waals surface area contributed by atoms with Gasteiger partial charge in [0.15, 0.2) is 6.29 Å². The van der Waals surface area contributed by atoms with Crippen LogP contribution in [0.3, 0.4) is 0 Å². The van der Waals surface area contributed by atoms with Gasteiger partial charge in [-0.2, -0.15) is 0 Å². The largest absolute Gasteiger partial charge is 0.493 e. The third-order valence-electron chi connectivity index (χ3n) is 8.64. The number of benzene rings is 1. The lowest BCUT2D eigenvalue weighted by Gasteiger charge is -2.32. The Hall–Kier alpha value is -3.08. The standard InChI is InChI=1S/C31H39N5O4/c1-20-26(19-39-3)23(29(38)18-37)14-28-31-25(17-36(20)28)24(16-32-6-4-7-35-10-8-34(2)9-11-35)22-15-30-21(5-12-40-30)13-27(22)33-31/h13-15,18,29,32,38H,1,4-12,16-17,19H2,2-3H3. The molecule has 0 amide bonds. The number of rotatable bonds is 10. The minimum Gasteiger partial charge on any atom is -0.493 e. The Morgan fingerprint density at radius 2 is 2.10 bits per heavy atom. The smallest absolute Gasteiger partial charge is 0.153 e. The van der Waals surface area contributed by atoms with E-state index < -0.39 is 6.10 Å². The molecule has 1 saturated heterocycles. The van der Waals surface area contributed by atoms with Gasteiger partial charge in [0, 0.05) is 68.5 Å². The number of likely N-dealkylation sites (N-methyl/N-ethyl adjacent to an activating group) is 1. The van der Waals surface area contributed by atoms with Crippen molar-refractivity contribution >= 4 is 22.9 Å². The number of hydrogen-bond acceptors (Lipinski definition) is 9. The molecule has 0 saturated carbocycles. The molecular formula is C31H39N5O4. The van der Waals surface area contributed by atoms with Crippen molar-refractivity contribution in [3.8, 4) is 5.75 Å². The molecule has 9 heteroatoms. The minimum absolute atomic E-state index is 0.261. The maximum absolute atomic E-state index is 11.6. The SMILES string of the molecule is C=C1C(COC)=C(C(O)C=O)C=C2c3nc4cc5c(cc4c(CNCCCN4CCN(C)CC4)c3CN12)OCC5. The summed E-state index contributed by atoms with van der Waals surface area (Å²) in [7, 11) is 3.79. The van der Waals surface area contributed by atoms with Crippen molar-refractivity contribution in [2.45, 2.75) is 32.0 Å². The number of carbonyl (C=O) groups is 1. The van der Waals surface area contributed by atoms with Crippen molar-refractivity contribution in [2.75, 3.05) is 66.6 Å². The van der Waals surface area contributed by atoms with E-state index in [1.54, 1.807) is 7.11 Å². The molecule has 2 N–H and O–H groups in total. The van der Waals surface area contributed by atoms with E-state index in [-0.39, 0.29) is 6.61 Å². The van der Waals surface area contributed by atoms with Crippen LogP contribution in [0.25, 0.3) is 16.6 Å². The van der Waals surface area contributed by atoms with Crippen LogP contribution in [0.1, 0.15) is 28.8 Å². The van der Waals surface area contributed by atoms with Crippen LogP contribution in [-0.2, 0) is 29.0 Å². The van der Waals surface area contributed by atoms with Crippen molar-refractivity contribution in [3.05, 3.63) is 64.0 Å². The number of aliphatic hydroxyl groups excluding tert-OH is 1. The number of nitrogens with zero attached hydrogens (tertiary/aromatic N) is 4. The van der Waals surface area contributed by atoms with Gasteiger partial charge in [-0.1, -0.05) is 6.58 Å². The second kappa shape index (κ2) is 11.4. The molecule has 6 rings (SSSR count). The van der Waals surface area contributed by atoms with Crippen LogP contribution in [0.4, 0.5) is 0 Å². The highest BCUT2D eigenvalue weighted by Gasteiger charge is 2.36. The normalized spacial score (nSPS) is 19.9. The van der Waals surface area contributed by atoms with E-state index in [1.165, 1.54) is 11.1 Å². The number of methoxy groups -OCH3 is 1. The summed E-state index contributed by atoms with van der Waals surface area (Å²) in [4.78, 5) is 23.8. The summed E-state index contributed by atoms with van der Waals surface area (Å²) in [6, 6.07) is 4.31. The number of aromatic nitrogens is 1. The number of nitrogens with one attached hydrogen (secondary N) is 1. The van der Waals surface area contributed by atoms with Gasteiger partial charge in [-0.05, 0) is 61.5 Å². The van der Waals surface area contributed by atoms with Crippen molar-refractivity contribution in [2.24, 2.45) is 0 Å². The number of hydrogen-bond donors (Lipinski definition) is 2. The zero-order valence-corrected chi connectivity index (χ0v) is 23.5. The van der Waals surface area contributed by atoms with E-state index >= 15 is 0 Å². The fourth-order valence-electron chi connectivity index (χ4n) is 6.31. The Bertz CT molecular complexity index is 1390. The molecule has 40 heavy (non-hydrogen) atoms. The highest BCUT2D eigenvalue weighted by Crippen LogP contribution is 2.45. The Kier molecular flexibility index (Phi) is 7.74. The van der Waals surface area contributed by atoms with Gasteiger partial charge in [0.1, 0.15) is 11.9 Å². The Labute approximate surface area is 235 Å². The summed E-state index contributed by atoms with van der Waals surface area (Å²) in [5.74, 6) is 0.949. The van der Waals surface area contributed by atoms with Crippen LogP contribution in [0.15, 0.2) is 41.6 Å². The highest BCUT2D eigenvalue weighted by atomic mass is 16.5. The zero-order valence-electron chi connectivity index (χ0n) is 23.5.